The fraction of sp³-hybridized carbons (Fsp3) is 0.455. The Labute approximate surface area is 102 Å². The smallest absolute Gasteiger partial charge is 0.394 e. The molecule has 6 heteroatoms. The normalized spacial score (nSPS) is 10.5. The Morgan fingerprint density at radius 3 is 1.94 bits per heavy atom. The van der Waals surface area contributed by atoms with Gasteiger partial charge in [0, 0.05) is 0 Å². The van der Waals surface area contributed by atoms with Gasteiger partial charge in [0.1, 0.15) is 5.75 Å². The Morgan fingerprint density at radius 2 is 1.53 bits per heavy atom. The molecule has 0 bridgehead atoms. The maximum atomic E-state index is 9.03. The van der Waals surface area contributed by atoms with E-state index >= 15 is 0 Å². The van der Waals surface area contributed by atoms with Gasteiger partial charge in [-0.2, -0.15) is 8.42 Å². The summed E-state index contributed by atoms with van der Waals surface area (Å²) in [5.74, 6) is 0.356. The van der Waals surface area contributed by atoms with Crippen molar-refractivity contribution in [3.63, 3.8) is 0 Å². The van der Waals surface area contributed by atoms with Crippen molar-refractivity contribution >= 4 is 10.4 Å². The summed E-state index contributed by atoms with van der Waals surface area (Å²) in [4.78, 5) is 0. The predicted octanol–water partition coefficient (Wildman–Crippen LogP) is 2.47. The van der Waals surface area contributed by atoms with Crippen molar-refractivity contribution in [2.45, 2.75) is 32.6 Å². The fourth-order valence-electron chi connectivity index (χ4n) is 1.24. The molecule has 0 fully saturated rings. The van der Waals surface area contributed by atoms with Gasteiger partial charge in [-0.3, -0.25) is 9.11 Å². The van der Waals surface area contributed by atoms with Gasteiger partial charge < -0.3 is 5.11 Å². The van der Waals surface area contributed by atoms with Crippen LogP contribution in [0.1, 0.15) is 31.7 Å². The van der Waals surface area contributed by atoms with E-state index in [-0.39, 0.29) is 0 Å². The Balaban J connectivity index is 0.000000437. The standard InChI is InChI=1S/C11H16O.H2O4S/c1-2-3-4-5-10-6-8-11(12)9-7-10;1-5(2,3)4/h6-9,12H,2-5H2,1H3;(H2,1,2,3,4). The molecule has 17 heavy (non-hydrogen) atoms. The molecule has 0 aliphatic carbocycles. The van der Waals surface area contributed by atoms with Crippen LogP contribution in [0.15, 0.2) is 24.3 Å². The van der Waals surface area contributed by atoms with Gasteiger partial charge in [0.2, 0.25) is 0 Å². The highest BCUT2D eigenvalue weighted by Gasteiger charge is 1.92. The van der Waals surface area contributed by atoms with Crippen LogP contribution in [0.25, 0.3) is 0 Å². The first-order chi connectivity index (χ1) is 7.83. The molecule has 5 nitrogen and oxygen atoms in total. The highest BCUT2D eigenvalue weighted by atomic mass is 32.3. The molecule has 0 saturated carbocycles. The van der Waals surface area contributed by atoms with Crippen molar-refractivity contribution in [2.24, 2.45) is 0 Å². The van der Waals surface area contributed by atoms with Gasteiger partial charge in [0.05, 0.1) is 0 Å². The van der Waals surface area contributed by atoms with E-state index in [2.05, 4.69) is 6.92 Å². The lowest BCUT2D eigenvalue weighted by molar-refractivity contribution is 0.381. The number of unbranched alkanes of at least 4 members (excludes halogenated alkanes) is 2. The number of phenolic OH excluding ortho intramolecular Hbond substituents is 1. The van der Waals surface area contributed by atoms with Crippen LogP contribution >= 0.6 is 0 Å². The number of aryl methyl sites for hydroxylation is 1. The molecule has 1 aromatic rings. The topological polar surface area (TPSA) is 94.8 Å². The van der Waals surface area contributed by atoms with E-state index in [0.717, 1.165) is 6.42 Å². The maximum Gasteiger partial charge on any atom is 0.394 e. The van der Waals surface area contributed by atoms with E-state index < -0.39 is 10.4 Å². The molecule has 0 aliphatic rings. The molecular weight excluding hydrogens is 244 g/mol. The third-order valence-corrected chi connectivity index (χ3v) is 2.01. The van der Waals surface area contributed by atoms with E-state index in [4.69, 9.17) is 22.6 Å². The molecule has 0 unspecified atom stereocenters. The minimum absolute atomic E-state index is 0.356. The summed E-state index contributed by atoms with van der Waals surface area (Å²) in [5, 5.41) is 9.03. The summed E-state index contributed by atoms with van der Waals surface area (Å²) in [6.07, 6.45) is 4.94. The molecule has 3 N–H and O–H groups in total. The Hall–Kier alpha value is -1.11. The second kappa shape index (κ2) is 8.05. The molecule has 0 saturated heterocycles. The molecule has 98 valence electrons. The molecule has 0 aromatic heterocycles. The summed E-state index contributed by atoms with van der Waals surface area (Å²) in [6, 6.07) is 7.48. The van der Waals surface area contributed by atoms with Gasteiger partial charge in [-0.1, -0.05) is 31.9 Å². The number of benzene rings is 1. The summed E-state index contributed by atoms with van der Waals surface area (Å²) < 4.78 is 31.6. The van der Waals surface area contributed by atoms with Gasteiger partial charge in [0.15, 0.2) is 0 Å². The van der Waals surface area contributed by atoms with Crippen LogP contribution < -0.4 is 0 Å². The predicted molar refractivity (Wildman–Crippen MR) is 65.5 cm³/mol. The third-order valence-electron chi connectivity index (χ3n) is 2.01. The number of phenols is 1. The zero-order valence-corrected chi connectivity index (χ0v) is 10.5. The van der Waals surface area contributed by atoms with Gasteiger partial charge >= 0.3 is 10.4 Å². The summed E-state index contributed by atoms with van der Waals surface area (Å²) in [6.45, 7) is 2.21. The third kappa shape index (κ3) is 12.8. The lowest BCUT2D eigenvalue weighted by atomic mass is 10.1. The fourth-order valence-corrected chi connectivity index (χ4v) is 1.24. The minimum atomic E-state index is -4.67. The van der Waals surface area contributed by atoms with Crippen LogP contribution in [-0.4, -0.2) is 22.6 Å². The highest BCUT2D eigenvalue weighted by Crippen LogP contribution is 2.12. The zero-order chi connectivity index (χ0) is 13.3. The van der Waals surface area contributed by atoms with E-state index in [1.807, 2.05) is 12.1 Å². The number of rotatable bonds is 4. The van der Waals surface area contributed by atoms with Crippen molar-refractivity contribution in [1.29, 1.82) is 0 Å². The second-order valence-corrected chi connectivity index (χ2v) is 4.47. The van der Waals surface area contributed by atoms with Crippen LogP contribution in [-0.2, 0) is 16.8 Å². The largest absolute Gasteiger partial charge is 0.508 e. The van der Waals surface area contributed by atoms with Crippen molar-refractivity contribution in [1.82, 2.24) is 0 Å². The van der Waals surface area contributed by atoms with E-state index in [1.54, 1.807) is 12.1 Å². The first-order valence-electron chi connectivity index (χ1n) is 5.30. The maximum absolute atomic E-state index is 9.03. The van der Waals surface area contributed by atoms with Crippen molar-refractivity contribution in [3.8, 4) is 5.75 Å². The van der Waals surface area contributed by atoms with E-state index in [9.17, 15) is 0 Å². The van der Waals surface area contributed by atoms with E-state index in [0.29, 0.717) is 5.75 Å². The second-order valence-electron chi connectivity index (χ2n) is 3.57. The number of hydrogen-bond donors (Lipinski definition) is 3. The zero-order valence-electron chi connectivity index (χ0n) is 9.70. The lowest BCUT2D eigenvalue weighted by Gasteiger charge is -1.99. The molecule has 0 aliphatic heterocycles. The first kappa shape index (κ1) is 15.9. The molecule has 0 amide bonds. The van der Waals surface area contributed by atoms with Gasteiger partial charge in [0.25, 0.3) is 0 Å². The Kier molecular flexibility index (Phi) is 7.53. The summed E-state index contributed by atoms with van der Waals surface area (Å²) in [5.41, 5.74) is 1.32. The quantitative estimate of drug-likeness (QED) is 0.572. The molecule has 0 radical (unpaired) electrons. The van der Waals surface area contributed by atoms with Gasteiger partial charge in [-0.05, 0) is 30.5 Å². The molecule has 0 spiro atoms. The molecule has 0 heterocycles. The van der Waals surface area contributed by atoms with Crippen molar-refractivity contribution in [3.05, 3.63) is 29.8 Å². The highest BCUT2D eigenvalue weighted by molar-refractivity contribution is 7.79. The molecule has 1 rings (SSSR count). The first-order valence-corrected chi connectivity index (χ1v) is 6.70. The van der Waals surface area contributed by atoms with Crippen LogP contribution in [0.2, 0.25) is 0 Å². The molecular formula is C11H18O5S. The monoisotopic (exact) mass is 262 g/mol. The van der Waals surface area contributed by atoms with Crippen molar-refractivity contribution in [2.75, 3.05) is 0 Å². The average molecular weight is 262 g/mol. The van der Waals surface area contributed by atoms with Crippen LogP contribution in [0, 0.1) is 0 Å². The molecule has 0 atom stereocenters. The summed E-state index contributed by atoms with van der Waals surface area (Å²) in [7, 11) is -4.67. The number of aromatic hydroxyl groups is 1. The van der Waals surface area contributed by atoms with Crippen LogP contribution in [0.3, 0.4) is 0 Å². The van der Waals surface area contributed by atoms with E-state index in [1.165, 1.54) is 24.8 Å². The molecule has 1 aromatic carbocycles. The average Bonchev–Trinajstić information content (AvgIpc) is 2.19. The van der Waals surface area contributed by atoms with Crippen LogP contribution in [0.4, 0.5) is 0 Å². The summed E-state index contributed by atoms with van der Waals surface area (Å²) >= 11 is 0. The van der Waals surface area contributed by atoms with Gasteiger partial charge in [-0.15, -0.1) is 0 Å². The number of hydrogen-bond acceptors (Lipinski definition) is 3. The SMILES string of the molecule is CCCCCc1ccc(O)cc1.O=S(=O)(O)O. The van der Waals surface area contributed by atoms with Crippen LogP contribution in [0.5, 0.6) is 5.75 Å². The van der Waals surface area contributed by atoms with Crippen molar-refractivity contribution < 1.29 is 22.6 Å². The van der Waals surface area contributed by atoms with Gasteiger partial charge in [-0.25, -0.2) is 0 Å². The lowest BCUT2D eigenvalue weighted by Crippen LogP contribution is -1.89. The minimum Gasteiger partial charge on any atom is -0.508 e. The Bertz CT molecular complexity index is 388. The Morgan fingerprint density at radius 1 is 1.06 bits per heavy atom.